The molecule has 2 amide bonds. The Kier molecular flexibility index (Phi) is 5.90. The number of anilines is 1. The molecule has 0 aliphatic rings. The number of carbonyl (C=O) groups excluding carboxylic acids is 1. The van der Waals surface area contributed by atoms with Crippen molar-refractivity contribution in [2.24, 2.45) is 0 Å². The van der Waals surface area contributed by atoms with Crippen LogP contribution in [-0.4, -0.2) is 35.8 Å². The molecule has 0 fully saturated rings. The van der Waals surface area contributed by atoms with Gasteiger partial charge in [-0.25, -0.2) is 4.79 Å². The minimum absolute atomic E-state index is 0.0278. The predicted molar refractivity (Wildman–Crippen MR) is 90.0 cm³/mol. The van der Waals surface area contributed by atoms with Crippen LogP contribution in [0.15, 0.2) is 42.5 Å². The molecular weight excluding hydrogens is 284 g/mol. The van der Waals surface area contributed by atoms with Gasteiger partial charge in [-0.2, -0.15) is 11.8 Å². The average molecular weight is 304 g/mol. The number of thioether (sulfide) groups is 1. The third-order valence-electron chi connectivity index (χ3n) is 3.22. The molecule has 1 atom stereocenters. The lowest BCUT2D eigenvalue weighted by Crippen LogP contribution is -2.40. The summed E-state index contributed by atoms with van der Waals surface area (Å²) < 4.78 is 0. The number of fused-ring (bicyclic) bond motifs is 1. The molecule has 2 rings (SSSR count). The second-order valence-electron chi connectivity index (χ2n) is 4.79. The van der Waals surface area contributed by atoms with Gasteiger partial charge in [0.1, 0.15) is 0 Å². The highest BCUT2D eigenvalue weighted by Gasteiger charge is 2.12. The Morgan fingerprint density at radius 3 is 2.76 bits per heavy atom. The molecule has 0 saturated carbocycles. The van der Waals surface area contributed by atoms with E-state index in [-0.39, 0.29) is 18.7 Å². The van der Waals surface area contributed by atoms with Gasteiger partial charge in [0.25, 0.3) is 0 Å². The maximum Gasteiger partial charge on any atom is 0.319 e. The number of amides is 2. The number of aliphatic hydroxyl groups excluding tert-OH is 1. The molecule has 0 radical (unpaired) electrons. The third kappa shape index (κ3) is 4.37. The quantitative estimate of drug-likeness (QED) is 0.768. The van der Waals surface area contributed by atoms with Crippen molar-refractivity contribution < 1.29 is 9.90 Å². The molecule has 0 aliphatic heterocycles. The second kappa shape index (κ2) is 7.90. The minimum Gasteiger partial charge on any atom is -0.396 e. The summed E-state index contributed by atoms with van der Waals surface area (Å²) in [5, 5.41) is 16.9. The van der Waals surface area contributed by atoms with E-state index in [0.29, 0.717) is 6.42 Å². The molecule has 0 bridgehead atoms. The Balaban J connectivity index is 2.07. The zero-order valence-electron chi connectivity index (χ0n) is 12.0. The fourth-order valence-electron chi connectivity index (χ4n) is 2.23. The topological polar surface area (TPSA) is 61.4 Å². The van der Waals surface area contributed by atoms with Crippen LogP contribution < -0.4 is 10.6 Å². The number of benzene rings is 2. The van der Waals surface area contributed by atoms with Crippen LogP contribution in [-0.2, 0) is 0 Å². The van der Waals surface area contributed by atoms with Crippen LogP contribution in [0.4, 0.5) is 10.5 Å². The second-order valence-corrected chi connectivity index (χ2v) is 5.70. The molecular formula is C16H20N2O2S. The average Bonchev–Trinajstić information content (AvgIpc) is 2.48. The Labute approximate surface area is 128 Å². The van der Waals surface area contributed by atoms with Crippen LogP contribution in [0, 0.1) is 0 Å². The largest absolute Gasteiger partial charge is 0.396 e. The normalized spacial score (nSPS) is 12.1. The van der Waals surface area contributed by atoms with Gasteiger partial charge in [0.05, 0.1) is 5.69 Å². The highest BCUT2D eigenvalue weighted by Crippen LogP contribution is 2.22. The molecule has 0 heterocycles. The zero-order valence-corrected chi connectivity index (χ0v) is 12.8. The maximum atomic E-state index is 12.1. The van der Waals surface area contributed by atoms with Crippen molar-refractivity contribution in [3.63, 3.8) is 0 Å². The first-order chi connectivity index (χ1) is 10.2. The SMILES string of the molecule is CSCC(CCO)NC(=O)Nc1cccc2ccccc12. The van der Waals surface area contributed by atoms with Gasteiger partial charge in [0.2, 0.25) is 0 Å². The molecule has 21 heavy (non-hydrogen) atoms. The molecule has 0 aliphatic carbocycles. The first kappa shape index (κ1) is 15.7. The van der Waals surface area contributed by atoms with E-state index in [4.69, 9.17) is 5.11 Å². The van der Waals surface area contributed by atoms with Gasteiger partial charge in [-0.15, -0.1) is 0 Å². The van der Waals surface area contributed by atoms with Gasteiger partial charge < -0.3 is 15.7 Å². The predicted octanol–water partition coefficient (Wildman–Crippen LogP) is 3.08. The van der Waals surface area contributed by atoms with Crippen molar-refractivity contribution >= 4 is 34.3 Å². The van der Waals surface area contributed by atoms with Crippen LogP contribution in [0.1, 0.15) is 6.42 Å². The summed E-state index contributed by atoms with van der Waals surface area (Å²) in [5.41, 5.74) is 0.789. The first-order valence-electron chi connectivity index (χ1n) is 6.89. The van der Waals surface area contributed by atoms with Crippen molar-refractivity contribution in [2.45, 2.75) is 12.5 Å². The van der Waals surface area contributed by atoms with Crippen molar-refractivity contribution in [3.05, 3.63) is 42.5 Å². The van der Waals surface area contributed by atoms with E-state index >= 15 is 0 Å². The summed E-state index contributed by atoms with van der Waals surface area (Å²) in [5.74, 6) is 0.781. The van der Waals surface area contributed by atoms with Crippen molar-refractivity contribution in [1.29, 1.82) is 0 Å². The molecule has 0 aromatic heterocycles. The highest BCUT2D eigenvalue weighted by molar-refractivity contribution is 7.98. The van der Waals surface area contributed by atoms with Crippen molar-refractivity contribution in [3.8, 4) is 0 Å². The van der Waals surface area contributed by atoms with Crippen molar-refractivity contribution in [1.82, 2.24) is 5.32 Å². The van der Waals surface area contributed by atoms with Crippen LogP contribution in [0.2, 0.25) is 0 Å². The molecule has 4 nitrogen and oxygen atoms in total. The van der Waals surface area contributed by atoms with Crippen LogP contribution in [0.5, 0.6) is 0 Å². The highest BCUT2D eigenvalue weighted by atomic mass is 32.2. The fraction of sp³-hybridized carbons (Fsp3) is 0.312. The van der Waals surface area contributed by atoms with E-state index in [0.717, 1.165) is 22.2 Å². The Morgan fingerprint density at radius 2 is 2.00 bits per heavy atom. The van der Waals surface area contributed by atoms with E-state index in [1.165, 1.54) is 0 Å². The smallest absolute Gasteiger partial charge is 0.319 e. The number of hydrogen-bond acceptors (Lipinski definition) is 3. The maximum absolute atomic E-state index is 12.1. The molecule has 112 valence electrons. The van der Waals surface area contributed by atoms with Crippen LogP contribution in [0.3, 0.4) is 0 Å². The van der Waals surface area contributed by atoms with Gasteiger partial charge in [-0.05, 0) is 24.1 Å². The molecule has 2 aromatic carbocycles. The molecule has 0 saturated heterocycles. The van der Waals surface area contributed by atoms with E-state index in [9.17, 15) is 4.79 Å². The molecule has 2 aromatic rings. The summed E-state index contributed by atoms with van der Waals surface area (Å²) in [6.07, 6.45) is 2.54. The standard InChI is InChI=1S/C16H20N2O2S/c1-21-11-13(9-10-19)17-16(20)18-15-8-4-6-12-5-2-3-7-14(12)15/h2-8,13,19H,9-11H2,1H3,(H2,17,18,20). The van der Waals surface area contributed by atoms with E-state index in [1.807, 2.05) is 48.7 Å². The minimum atomic E-state index is -0.237. The molecule has 5 heteroatoms. The lowest BCUT2D eigenvalue weighted by atomic mass is 10.1. The van der Waals surface area contributed by atoms with Crippen LogP contribution >= 0.6 is 11.8 Å². The summed E-state index contributed by atoms with van der Waals surface area (Å²) in [6, 6.07) is 13.5. The van der Waals surface area contributed by atoms with Gasteiger partial charge in [0, 0.05) is 23.8 Å². The van der Waals surface area contributed by atoms with Gasteiger partial charge in [-0.3, -0.25) is 0 Å². The van der Waals surface area contributed by atoms with E-state index in [1.54, 1.807) is 11.8 Å². The number of urea groups is 1. The summed E-state index contributed by atoms with van der Waals surface area (Å²) >= 11 is 1.65. The van der Waals surface area contributed by atoms with Gasteiger partial charge >= 0.3 is 6.03 Å². The van der Waals surface area contributed by atoms with Gasteiger partial charge in [0.15, 0.2) is 0 Å². The van der Waals surface area contributed by atoms with Crippen LogP contribution in [0.25, 0.3) is 10.8 Å². The monoisotopic (exact) mass is 304 g/mol. The fourth-order valence-corrected chi connectivity index (χ4v) is 2.88. The summed E-state index contributed by atoms with van der Waals surface area (Å²) in [7, 11) is 0. The lowest BCUT2D eigenvalue weighted by Gasteiger charge is -2.17. The Bertz CT molecular complexity index is 592. The van der Waals surface area contributed by atoms with E-state index < -0.39 is 0 Å². The number of aliphatic hydroxyl groups is 1. The number of hydrogen-bond donors (Lipinski definition) is 3. The summed E-state index contributed by atoms with van der Waals surface area (Å²) in [4.78, 5) is 12.1. The van der Waals surface area contributed by atoms with Crippen molar-refractivity contribution in [2.75, 3.05) is 23.9 Å². The number of rotatable bonds is 6. The number of carbonyl (C=O) groups is 1. The molecule has 1 unspecified atom stereocenters. The summed E-state index contributed by atoms with van der Waals surface area (Å²) in [6.45, 7) is 0.0692. The molecule has 3 N–H and O–H groups in total. The number of nitrogens with one attached hydrogen (secondary N) is 2. The first-order valence-corrected chi connectivity index (χ1v) is 8.29. The van der Waals surface area contributed by atoms with E-state index in [2.05, 4.69) is 10.6 Å². The lowest BCUT2D eigenvalue weighted by molar-refractivity contribution is 0.241. The Morgan fingerprint density at radius 1 is 1.24 bits per heavy atom. The molecule has 0 spiro atoms. The Hall–Kier alpha value is -1.72. The zero-order chi connectivity index (χ0) is 15.1. The third-order valence-corrected chi connectivity index (χ3v) is 3.95. The van der Waals surface area contributed by atoms with Gasteiger partial charge in [-0.1, -0.05) is 36.4 Å².